The number of carbonyl (C=O) groups excluding carboxylic acids is 1. The second-order valence-electron chi connectivity index (χ2n) is 5.02. The zero-order valence-corrected chi connectivity index (χ0v) is 12.4. The van der Waals surface area contributed by atoms with Crippen LogP contribution in [0.1, 0.15) is 12.0 Å². The molecule has 1 aromatic rings. The highest BCUT2D eigenvalue weighted by atomic mass is 16.5. The van der Waals surface area contributed by atoms with E-state index in [1.807, 2.05) is 31.2 Å². The fourth-order valence-corrected chi connectivity index (χ4v) is 1.57. The summed E-state index contributed by atoms with van der Waals surface area (Å²) < 4.78 is 5.47. The van der Waals surface area contributed by atoms with Gasteiger partial charge in [-0.05, 0) is 19.1 Å². The van der Waals surface area contributed by atoms with Crippen molar-refractivity contribution in [3.8, 4) is 5.75 Å². The maximum absolute atomic E-state index is 11.3. The van der Waals surface area contributed by atoms with Crippen LogP contribution in [-0.4, -0.2) is 55.8 Å². The van der Waals surface area contributed by atoms with Gasteiger partial charge in [0.1, 0.15) is 18.5 Å². The summed E-state index contributed by atoms with van der Waals surface area (Å²) in [6.07, 6.45) is -0.163. The normalized spacial score (nSPS) is 12.0. The molecule has 2 N–H and O–H groups in total. The average Bonchev–Trinajstić information content (AvgIpc) is 2.42. The number of aliphatic hydroxyl groups excluding tert-OH is 1. The average molecular weight is 280 g/mol. The number of amides is 1. The molecule has 0 aromatic heterocycles. The SMILES string of the molecule is Cc1ccc(OCC(O)CNCCC(=O)N(C)C)cc1. The fraction of sp³-hybridized carbons (Fsp3) is 0.533. The summed E-state index contributed by atoms with van der Waals surface area (Å²) in [6.45, 7) is 3.21. The Morgan fingerprint density at radius 2 is 2.00 bits per heavy atom. The topological polar surface area (TPSA) is 61.8 Å². The number of ether oxygens (including phenoxy) is 1. The van der Waals surface area contributed by atoms with E-state index in [4.69, 9.17) is 4.74 Å². The van der Waals surface area contributed by atoms with E-state index in [-0.39, 0.29) is 12.5 Å². The second kappa shape index (κ2) is 8.55. The Balaban J connectivity index is 2.13. The van der Waals surface area contributed by atoms with Crippen LogP contribution in [-0.2, 0) is 4.79 Å². The van der Waals surface area contributed by atoms with Gasteiger partial charge in [-0.1, -0.05) is 17.7 Å². The maximum Gasteiger partial charge on any atom is 0.223 e. The van der Waals surface area contributed by atoms with E-state index in [0.29, 0.717) is 19.5 Å². The quantitative estimate of drug-likeness (QED) is 0.692. The van der Waals surface area contributed by atoms with Crippen LogP contribution in [0.5, 0.6) is 5.75 Å². The summed E-state index contributed by atoms with van der Waals surface area (Å²) in [6, 6.07) is 7.69. The highest BCUT2D eigenvalue weighted by Gasteiger charge is 2.06. The molecule has 0 saturated heterocycles. The number of aliphatic hydroxyl groups is 1. The lowest BCUT2D eigenvalue weighted by atomic mass is 10.2. The third-order valence-electron chi connectivity index (χ3n) is 2.86. The highest BCUT2D eigenvalue weighted by molar-refractivity contribution is 5.75. The van der Waals surface area contributed by atoms with Gasteiger partial charge in [0.2, 0.25) is 5.91 Å². The summed E-state index contributed by atoms with van der Waals surface area (Å²) >= 11 is 0. The molecule has 1 unspecified atom stereocenters. The minimum Gasteiger partial charge on any atom is -0.491 e. The molecule has 1 rings (SSSR count). The molecule has 1 amide bonds. The van der Waals surface area contributed by atoms with Gasteiger partial charge >= 0.3 is 0 Å². The number of rotatable bonds is 8. The van der Waals surface area contributed by atoms with Gasteiger partial charge < -0.3 is 20.1 Å². The van der Waals surface area contributed by atoms with Crippen LogP contribution in [0.4, 0.5) is 0 Å². The van der Waals surface area contributed by atoms with E-state index in [0.717, 1.165) is 5.75 Å². The number of hydrogen-bond donors (Lipinski definition) is 2. The molecule has 5 heteroatoms. The lowest BCUT2D eigenvalue weighted by Crippen LogP contribution is -2.34. The third-order valence-corrected chi connectivity index (χ3v) is 2.86. The van der Waals surface area contributed by atoms with Crippen molar-refractivity contribution < 1.29 is 14.6 Å². The van der Waals surface area contributed by atoms with Gasteiger partial charge in [0.25, 0.3) is 0 Å². The van der Waals surface area contributed by atoms with Crippen molar-refractivity contribution in [1.29, 1.82) is 0 Å². The van der Waals surface area contributed by atoms with E-state index in [2.05, 4.69) is 5.32 Å². The van der Waals surface area contributed by atoms with Crippen molar-refractivity contribution >= 4 is 5.91 Å². The van der Waals surface area contributed by atoms with E-state index in [9.17, 15) is 9.90 Å². The van der Waals surface area contributed by atoms with Crippen LogP contribution in [0.3, 0.4) is 0 Å². The monoisotopic (exact) mass is 280 g/mol. The molecule has 0 aliphatic heterocycles. The number of benzene rings is 1. The first kappa shape index (κ1) is 16.5. The first-order valence-electron chi connectivity index (χ1n) is 6.77. The van der Waals surface area contributed by atoms with Crippen molar-refractivity contribution in [2.24, 2.45) is 0 Å². The van der Waals surface area contributed by atoms with Gasteiger partial charge in [-0.25, -0.2) is 0 Å². The molecule has 0 spiro atoms. The fourth-order valence-electron chi connectivity index (χ4n) is 1.57. The zero-order valence-electron chi connectivity index (χ0n) is 12.4. The van der Waals surface area contributed by atoms with Crippen LogP contribution < -0.4 is 10.1 Å². The number of nitrogens with one attached hydrogen (secondary N) is 1. The first-order valence-corrected chi connectivity index (χ1v) is 6.77. The van der Waals surface area contributed by atoms with Crippen LogP contribution in [0.2, 0.25) is 0 Å². The molecule has 0 aliphatic rings. The maximum atomic E-state index is 11.3. The molecule has 0 aliphatic carbocycles. The minimum atomic E-state index is -0.592. The van der Waals surface area contributed by atoms with Crippen molar-refractivity contribution in [3.05, 3.63) is 29.8 Å². The summed E-state index contributed by atoms with van der Waals surface area (Å²) in [5, 5.41) is 12.8. The molecule has 20 heavy (non-hydrogen) atoms. The van der Waals surface area contributed by atoms with Gasteiger partial charge in [0, 0.05) is 33.6 Å². The number of hydrogen-bond acceptors (Lipinski definition) is 4. The zero-order chi connectivity index (χ0) is 15.0. The van der Waals surface area contributed by atoms with Gasteiger partial charge in [-0.15, -0.1) is 0 Å². The lowest BCUT2D eigenvalue weighted by molar-refractivity contribution is -0.128. The van der Waals surface area contributed by atoms with Gasteiger partial charge in [0.05, 0.1) is 0 Å². The van der Waals surface area contributed by atoms with E-state index in [1.54, 1.807) is 19.0 Å². The molecule has 0 bridgehead atoms. The lowest BCUT2D eigenvalue weighted by Gasteiger charge is -2.14. The van der Waals surface area contributed by atoms with E-state index in [1.165, 1.54) is 5.56 Å². The van der Waals surface area contributed by atoms with Crippen molar-refractivity contribution in [1.82, 2.24) is 10.2 Å². The molecule has 0 radical (unpaired) electrons. The van der Waals surface area contributed by atoms with Crippen LogP contribution in [0.25, 0.3) is 0 Å². The van der Waals surface area contributed by atoms with Gasteiger partial charge in [-0.2, -0.15) is 0 Å². The van der Waals surface area contributed by atoms with Crippen molar-refractivity contribution in [2.45, 2.75) is 19.4 Å². The van der Waals surface area contributed by atoms with Crippen LogP contribution >= 0.6 is 0 Å². The van der Waals surface area contributed by atoms with Crippen LogP contribution in [0, 0.1) is 6.92 Å². The molecular formula is C15H24N2O3. The smallest absolute Gasteiger partial charge is 0.223 e. The second-order valence-corrected chi connectivity index (χ2v) is 5.02. The van der Waals surface area contributed by atoms with E-state index >= 15 is 0 Å². The molecule has 0 saturated carbocycles. The molecule has 5 nitrogen and oxygen atoms in total. The largest absolute Gasteiger partial charge is 0.491 e. The molecule has 112 valence electrons. The standard InChI is InChI=1S/C15H24N2O3/c1-12-4-6-14(7-5-12)20-11-13(18)10-16-9-8-15(19)17(2)3/h4-7,13,16,18H,8-11H2,1-3H3. The first-order chi connectivity index (χ1) is 9.49. The Hall–Kier alpha value is -1.59. The Kier molecular flexibility index (Phi) is 7.04. The predicted molar refractivity (Wildman–Crippen MR) is 78.9 cm³/mol. The van der Waals surface area contributed by atoms with E-state index < -0.39 is 6.10 Å². The number of nitrogens with zero attached hydrogens (tertiary/aromatic N) is 1. The number of aryl methyl sites for hydroxylation is 1. The molecule has 0 fully saturated rings. The summed E-state index contributed by atoms with van der Waals surface area (Å²) in [7, 11) is 3.46. The summed E-state index contributed by atoms with van der Waals surface area (Å²) in [5.41, 5.74) is 1.17. The minimum absolute atomic E-state index is 0.0721. The van der Waals surface area contributed by atoms with Gasteiger partial charge in [-0.3, -0.25) is 4.79 Å². The Labute approximate surface area is 120 Å². The Morgan fingerprint density at radius 1 is 1.35 bits per heavy atom. The Morgan fingerprint density at radius 3 is 2.60 bits per heavy atom. The predicted octanol–water partition coefficient (Wildman–Crippen LogP) is 0.803. The van der Waals surface area contributed by atoms with Crippen molar-refractivity contribution in [2.75, 3.05) is 33.8 Å². The molecule has 0 heterocycles. The van der Waals surface area contributed by atoms with Crippen molar-refractivity contribution in [3.63, 3.8) is 0 Å². The highest BCUT2D eigenvalue weighted by Crippen LogP contribution is 2.11. The molecule has 1 aromatic carbocycles. The summed E-state index contributed by atoms with van der Waals surface area (Å²) in [4.78, 5) is 12.9. The third kappa shape index (κ3) is 6.54. The summed E-state index contributed by atoms with van der Waals surface area (Å²) in [5.74, 6) is 0.820. The molecular weight excluding hydrogens is 256 g/mol. The Bertz CT molecular complexity index is 404. The van der Waals surface area contributed by atoms with Gasteiger partial charge in [0.15, 0.2) is 0 Å². The number of carbonyl (C=O) groups is 1. The van der Waals surface area contributed by atoms with Crippen LogP contribution in [0.15, 0.2) is 24.3 Å². The molecule has 1 atom stereocenters.